The average Bonchev–Trinajstić information content (AvgIpc) is 2.84. The molecule has 0 unspecified atom stereocenters. The molecule has 0 bridgehead atoms. The van der Waals surface area contributed by atoms with E-state index in [1.54, 1.807) is 6.26 Å². The molecular formula is C14H24IN3O. The molecule has 1 heterocycles. The Hall–Kier alpha value is -0.980. The summed E-state index contributed by atoms with van der Waals surface area (Å²) in [5, 5.41) is 6.47. The summed E-state index contributed by atoms with van der Waals surface area (Å²) < 4.78 is 5.28. The van der Waals surface area contributed by atoms with Gasteiger partial charge in [0.05, 0.1) is 6.26 Å². The quantitative estimate of drug-likeness (QED) is 0.333. The Morgan fingerprint density at radius 1 is 1.47 bits per heavy atom. The van der Waals surface area contributed by atoms with Gasteiger partial charge in [-0.25, -0.2) is 0 Å². The third-order valence-electron chi connectivity index (χ3n) is 2.27. The van der Waals surface area contributed by atoms with Crippen molar-refractivity contribution in [3.05, 3.63) is 36.8 Å². The van der Waals surface area contributed by atoms with Crippen LogP contribution < -0.4 is 10.6 Å². The molecule has 0 saturated carbocycles. The zero-order valence-corrected chi connectivity index (χ0v) is 14.0. The van der Waals surface area contributed by atoms with Crippen LogP contribution in [0.1, 0.15) is 19.6 Å². The van der Waals surface area contributed by atoms with E-state index in [1.807, 2.05) is 18.2 Å². The van der Waals surface area contributed by atoms with Crippen LogP contribution in [0.25, 0.3) is 0 Å². The van der Waals surface area contributed by atoms with Crippen molar-refractivity contribution in [2.24, 2.45) is 10.9 Å². The number of halogens is 1. The van der Waals surface area contributed by atoms with Crippen LogP contribution in [0.5, 0.6) is 0 Å². The van der Waals surface area contributed by atoms with Crippen molar-refractivity contribution in [1.29, 1.82) is 0 Å². The Balaban J connectivity index is 0.00000324. The van der Waals surface area contributed by atoms with E-state index in [-0.39, 0.29) is 24.0 Å². The highest BCUT2D eigenvalue weighted by atomic mass is 127. The van der Waals surface area contributed by atoms with Gasteiger partial charge in [0.25, 0.3) is 0 Å². The predicted molar refractivity (Wildman–Crippen MR) is 91.2 cm³/mol. The van der Waals surface area contributed by atoms with Crippen molar-refractivity contribution in [2.45, 2.75) is 20.3 Å². The Morgan fingerprint density at radius 3 is 2.84 bits per heavy atom. The molecule has 2 N–H and O–H groups in total. The molecule has 0 radical (unpaired) electrons. The lowest BCUT2D eigenvalue weighted by atomic mass is 10.2. The lowest BCUT2D eigenvalue weighted by Crippen LogP contribution is -2.38. The van der Waals surface area contributed by atoms with E-state index in [0.717, 1.165) is 31.2 Å². The SMILES string of the molecule is C=CCNC(=NCC(C)C)NCCc1ccco1.I. The van der Waals surface area contributed by atoms with E-state index in [2.05, 4.69) is 36.1 Å². The molecule has 4 nitrogen and oxygen atoms in total. The molecule has 0 aliphatic rings. The maximum absolute atomic E-state index is 5.28. The molecule has 0 aliphatic heterocycles. The third-order valence-corrected chi connectivity index (χ3v) is 2.27. The van der Waals surface area contributed by atoms with Crippen molar-refractivity contribution < 1.29 is 4.42 Å². The van der Waals surface area contributed by atoms with Gasteiger partial charge in [0.1, 0.15) is 5.76 Å². The van der Waals surface area contributed by atoms with Crippen LogP contribution in [0.15, 0.2) is 40.5 Å². The van der Waals surface area contributed by atoms with Crippen molar-refractivity contribution in [3.8, 4) is 0 Å². The Kier molecular flexibility index (Phi) is 10.3. The van der Waals surface area contributed by atoms with E-state index in [4.69, 9.17) is 4.42 Å². The van der Waals surface area contributed by atoms with Gasteiger partial charge in [0, 0.05) is 26.1 Å². The van der Waals surface area contributed by atoms with Crippen LogP contribution in [0, 0.1) is 5.92 Å². The van der Waals surface area contributed by atoms with Crippen LogP contribution in [-0.2, 0) is 6.42 Å². The van der Waals surface area contributed by atoms with Crippen molar-refractivity contribution in [2.75, 3.05) is 19.6 Å². The number of nitrogens with one attached hydrogen (secondary N) is 2. The summed E-state index contributed by atoms with van der Waals surface area (Å²) in [5.74, 6) is 2.36. The molecule has 0 saturated heterocycles. The Labute approximate surface area is 132 Å². The molecule has 1 aromatic rings. The summed E-state index contributed by atoms with van der Waals surface area (Å²) in [6, 6.07) is 3.88. The average molecular weight is 377 g/mol. The molecular weight excluding hydrogens is 353 g/mol. The molecule has 5 heteroatoms. The molecule has 0 aromatic carbocycles. The minimum atomic E-state index is 0. The van der Waals surface area contributed by atoms with Gasteiger partial charge in [0.15, 0.2) is 5.96 Å². The van der Waals surface area contributed by atoms with Gasteiger partial charge in [-0.3, -0.25) is 4.99 Å². The largest absolute Gasteiger partial charge is 0.469 e. The van der Waals surface area contributed by atoms with E-state index >= 15 is 0 Å². The van der Waals surface area contributed by atoms with E-state index in [0.29, 0.717) is 12.5 Å². The minimum Gasteiger partial charge on any atom is -0.469 e. The summed E-state index contributed by atoms with van der Waals surface area (Å²) >= 11 is 0. The van der Waals surface area contributed by atoms with E-state index in [1.165, 1.54) is 0 Å². The number of hydrogen-bond donors (Lipinski definition) is 2. The van der Waals surface area contributed by atoms with Crippen molar-refractivity contribution in [1.82, 2.24) is 10.6 Å². The molecule has 1 aromatic heterocycles. The van der Waals surface area contributed by atoms with Crippen LogP contribution in [0.2, 0.25) is 0 Å². The van der Waals surface area contributed by atoms with Crippen LogP contribution in [0.3, 0.4) is 0 Å². The lowest BCUT2D eigenvalue weighted by Gasteiger charge is -2.11. The minimum absolute atomic E-state index is 0. The topological polar surface area (TPSA) is 49.6 Å². The zero-order chi connectivity index (χ0) is 13.2. The highest BCUT2D eigenvalue weighted by molar-refractivity contribution is 14.0. The number of rotatable bonds is 7. The summed E-state index contributed by atoms with van der Waals surface area (Å²) in [6.45, 7) is 10.3. The normalized spacial score (nSPS) is 11.0. The highest BCUT2D eigenvalue weighted by Gasteiger charge is 2.00. The van der Waals surface area contributed by atoms with Gasteiger partial charge >= 0.3 is 0 Å². The van der Waals surface area contributed by atoms with Crippen molar-refractivity contribution >= 4 is 29.9 Å². The molecule has 19 heavy (non-hydrogen) atoms. The summed E-state index contributed by atoms with van der Waals surface area (Å²) in [4.78, 5) is 4.50. The van der Waals surface area contributed by atoms with Gasteiger partial charge in [-0.05, 0) is 18.1 Å². The number of furan rings is 1. The first-order chi connectivity index (χ1) is 8.72. The highest BCUT2D eigenvalue weighted by Crippen LogP contribution is 1.99. The predicted octanol–water partition coefficient (Wildman–Crippen LogP) is 2.82. The molecule has 1 rings (SSSR count). The second-order valence-corrected chi connectivity index (χ2v) is 4.51. The number of nitrogens with zero attached hydrogens (tertiary/aromatic N) is 1. The number of aliphatic imine (C=N–C) groups is 1. The summed E-state index contributed by atoms with van der Waals surface area (Å²) in [6.07, 6.45) is 4.36. The van der Waals surface area contributed by atoms with Crippen LogP contribution in [0.4, 0.5) is 0 Å². The van der Waals surface area contributed by atoms with Gasteiger partial charge in [-0.15, -0.1) is 30.6 Å². The van der Waals surface area contributed by atoms with Gasteiger partial charge in [0.2, 0.25) is 0 Å². The lowest BCUT2D eigenvalue weighted by molar-refractivity contribution is 0.506. The number of hydrogen-bond acceptors (Lipinski definition) is 2. The fourth-order valence-electron chi connectivity index (χ4n) is 1.38. The maximum Gasteiger partial charge on any atom is 0.191 e. The van der Waals surface area contributed by atoms with Crippen LogP contribution in [-0.4, -0.2) is 25.6 Å². The molecule has 0 fully saturated rings. The zero-order valence-electron chi connectivity index (χ0n) is 11.7. The molecule has 108 valence electrons. The third kappa shape index (κ3) is 8.69. The smallest absolute Gasteiger partial charge is 0.191 e. The molecule has 0 atom stereocenters. The molecule has 0 spiro atoms. The van der Waals surface area contributed by atoms with Gasteiger partial charge in [-0.1, -0.05) is 19.9 Å². The Morgan fingerprint density at radius 2 is 2.26 bits per heavy atom. The molecule has 0 amide bonds. The van der Waals surface area contributed by atoms with Crippen molar-refractivity contribution in [3.63, 3.8) is 0 Å². The summed E-state index contributed by atoms with van der Waals surface area (Å²) in [7, 11) is 0. The second-order valence-electron chi connectivity index (χ2n) is 4.51. The van der Waals surface area contributed by atoms with Gasteiger partial charge < -0.3 is 15.1 Å². The first-order valence-corrected chi connectivity index (χ1v) is 6.38. The monoisotopic (exact) mass is 377 g/mol. The second kappa shape index (κ2) is 10.9. The fraction of sp³-hybridized carbons (Fsp3) is 0.500. The summed E-state index contributed by atoms with van der Waals surface area (Å²) in [5.41, 5.74) is 0. The fourth-order valence-corrected chi connectivity index (χ4v) is 1.38. The first-order valence-electron chi connectivity index (χ1n) is 6.38. The van der Waals surface area contributed by atoms with Crippen LogP contribution >= 0.6 is 24.0 Å². The van der Waals surface area contributed by atoms with E-state index in [9.17, 15) is 0 Å². The first kappa shape index (κ1) is 18.0. The Bertz CT molecular complexity index is 361. The molecule has 0 aliphatic carbocycles. The standard InChI is InChI=1S/C14H23N3O.HI/c1-4-8-15-14(17-11-12(2)3)16-9-7-13-6-5-10-18-13;/h4-6,10,12H,1,7-9,11H2,2-3H3,(H2,15,16,17);1H. The number of guanidine groups is 1. The van der Waals surface area contributed by atoms with Gasteiger partial charge in [-0.2, -0.15) is 0 Å². The maximum atomic E-state index is 5.28. The van der Waals surface area contributed by atoms with E-state index < -0.39 is 0 Å².